The highest BCUT2D eigenvalue weighted by Crippen LogP contribution is 2.23. The summed E-state index contributed by atoms with van der Waals surface area (Å²) in [5.74, 6) is -0.167. The van der Waals surface area contributed by atoms with Gasteiger partial charge in [-0.2, -0.15) is 5.10 Å². The molecule has 0 fully saturated rings. The van der Waals surface area contributed by atoms with E-state index < -0.39 is 0 Å². The van der Waals surface area contributed by atoms with Gasteiger partial charge in [-0.05, 0) is 43.7 Å². The van der Waals surface area contributed by atoms with Gasteiger partial charge in [-0.25, -0.2) is 4.39 Å². The summed E-state index contributed by atoms with van der Waals surface area (Å²) in [5, 5.41) is 7.56. The average molecular weight is 261 g/mol. The standard InChI is InChI=1S/C15H20FN3/c1-4-9-19-14(7-8-18-19)15(17-3)12-6-5-11(2)13(16)10-12/h5-8,10,15,17H,4,9H2,1-3H3. The van der Waals surface area contributed by atoms with Crippen molar-refractivity contribution in [3.8, 4) is 0 Å². The van der Waals surface area contributed by atoms with Crippen molar-refractivity contribution < 1.29 is 4.39 Å². The molecule has 0 saturated heterocycles. The van der Waals surface area contributed by atoms with Crippen LogP contribution in [0.25, 0.3) is 0 Å². The lowest BCUT2D eigenvalue weighted by Crippen LogP contribution is -2.21. The number of rotatable bonds is 5. The Hall–Kier alpha value is -1.68. The molecule has 0 aliphatic carbocycles. The molecule has 0 saturated carbocycles. The number of nitrogens with zero attached hydrogens (tertiary/aromatic N) is 2. The fraction of sp³-hybridized carbons (Fsp3) is 0.400. The molecule has 1 unspecified atom stereocenters. The normalized spacial score (nSPS) is 12.6. The topological polar surface area (TPSA) is 29.9 Å². The van der Waals surface area contributed by atoms with Crippen LogP contribution in [0.5, 0.6) is 0 Å². The summed E-state index contributed by atoms with van der Waals surface area (Å²) in [7, 11) is 1.88. The van der Waals surface area contributed by atoms with E-state index >= 15 is 0 Å². The molecule has 1 aromatic carbocycles. The number of halogens is 1. The zero-order valence-electron chi connectivity index (χ0n) is 11.7. The van der Waals surface area contributed by atoms with Crippen LogP contribution in [0.1, 0.15) is 36.2 Å². The van der Waals surface area contributed by atoms with E-state index in [9.17, 15) is 4.39 Å². The van der Waals surface area contributed by atoms with Crippen LogP contribution in [0, 0.1) is 12.7 Å². The molecule has 0 aliphatic heterocycles. The van der Waals surface area contributed by atoms with Crippen molar-refractivity contribution in [2.24, 2.45) is 0 Å². The summed E-state index contributed by atoms with van der Waals surface area (Å²) in [6.45, 7) is 4.76. The quantitative estimate of drug-likeness (QED) is 0.896. The maximum atomic E-state index is 13.7. The molecule has 1 aromatic heterocycles. The Bertz CT molecular complexity index is 548. The third-order valence-corrected chi connectivity index (χ3v) is 3.30. The first-order valence-corrected chi connectivity index (χ1v) is 6.62. The Morgan fingerprint density at radius 3 is 2.79 bits per heavy atom. The Morgan fingerprint density at radius 2 is 2.16 bits per heavy atom. The summed E-state index contributed by atoms with van der Waals surface area (Å²) in [6, 6.07) is 7.32. The summed E-state index contributed by atoms with van der Waals surface area (Å²) in [5.41, 5.74) is 2.65. The lowest BCUT2D eigenvalue weighted by atomic mass is 10.0. The van der Waals surface area contributed by atoms with Crippen molar-refractivity contribution in [1.82, 2.24) is 15.1 Å². The van der Waals surface area contributed by atoms with Gasteiger partial charge in [0.05, 0.1) is 11.7 Å². The van der Waals surface area contributed by atoms with Crippen LogP contribution in [0.4, 0.5) is 4.39 Å². The molecule has 0 bridgehead atoms. The number of aromatic nitrogens is 2. The van der Waals surface area contributed by atoms with Gasteiger partial charge in [0.15, 0.2) is 0 Å². The third-order valence-electron chi connectivity index (χ3n) is 3.30. The minimum Gasteiger partial charge on any atom is -0.308 e. The van der Waals surface area contributed by atoms with E-state index in [-0.39, 0.29) is 11.9 Å². The van der Waals surface area contributed by atoms with Crippen molar-refractivity contribution in [1.29, 1.82) is 0 Å². The first-order chi connectivity index (χ1) is 9.17. The monoisotopic (exact) mass is 261 g/mol. The molecule has 1 heterocycles. The van der Waals surface area contributed by atoms with Crippen LogP contribution in [-0.4, -0.2) is 16.8 Å². The highest BCUT2D eigenvalue weighted by atomic mass is 19.1. The first-order valence-electron chi connectivity index (χ1n) is 6.62. The van der Waals surface area contributed by atoms with E-state index in [4.69, 9.17) is 0 Å². The van der Waals surface area contributed by atoms with Gasteiger partial charge in [-0.1, -0.05) is 19.1 Å². The van der Waals surface area contributed by atoms with Gasteiger partial charge in [0, 0.05) is 12.7 Å². The van der Waals surface area contributed by atoms with Gasteiger partial charge in [-0.15, -0.1) is 0 Å². The summed E-state index contributed by atoms with van der Waals surface area (Å²) in [4.78, 5) is 0. The first kappa shape index (κ1) is 13.7. The molecule has 1 atom stereocenters. The van der Waals surface area contributed by atoms with Crippen LogP contribution in [0.2, 0.25) is 0 Å². The van der Waals surface area contributed by atoms with Gasteiger partial charge in [0.1, 0.15) is 5.82 Å². The Balaban J connectivity index is 2.38. The molecular weight excluding hydrogens is 241 g/mol. The Kier molecular flexibility index (Phi) is 4.32. The van der Waals surface area contributed by atoms with Gasteiger partial charge in [-0.3, -0.25) is 4.68 Å². The molecular formula is C15H20FN3. The van der Waals surface area contributed by atoms with Crippen molar-refractivity contribution in [3.63, 3.8) is 0 Å². The number of hydrogen-bond acceptors (Lipinski definition) is 2. The molecule has 1 N–H and O–H groups in total. The molecule has 102 valence electrons. The molecule has 4 heteroatoms. The smallest absolute Gasteiger partial charge is 0.126 e. The second-order valence-corrected chi connectivity index (χ2v) is 4.71. The molecule has 19 heavy (non-hydrogen) atoms. The second kappa shape index (κ2) is 5.97. The van der Waals surface area contributed by atoms with E-state index in [1.54, 1.807) is 19.2 Å². The largest absolute Gasteiger partial charge is 0.308 e. The molecule has 3 nitrogen and oxygen atoms in total. The van der Waals surface area contributed by atoms with Gasteiger partial charge < -0.3 is 5.32 Å². The van der Waals surface area contributed by atoms with Crippen LogP contribution in [0.3, 0.4) is 0 Å². The van der Waals surface area contributed by atoms with Crippen molar-refractivity contribution in [2.75, 3.05) is 7.05 Å². The highest BCUT2D eigenvalue weighted by molar-refractivity contribution is 5.31. The number of hydrogen-bond donors (Lipinski definition) is 1. The SMILES string of the molecule is CCCn1nccc1C(NC)c1ccc(C)c(F)c1. The summed E-state index contributed by atoms with van der Waals surface area (Å²) in [6.07, 6.45) is 2.81. The van der Waals surface area contributed by atoms with E-state index in [1.165, 1.54) is 0 Å². The lowest BCUT2D eigenvalue weighted by molar-refractivity contribution is 0.532. The maximum Gasteiger partial charge on any atom is 0.126 e. The maximum absolute atomic E-state index is 13.7. The van der Waals surface area contributed by atoms with E-state index in [2.05, 4.69) is 17.3 Å². The Morgan fingerprint density at radius 1 is 1.37 bits per heavy atom. The predicted octanol–water partition coefficient (Wildman–Crippen LogP) is 3.05. The van der Waals surface area contributed by atoms with Crippen LogP contribution < -0.4 is 5.32 Å². The van der Waals surface area contributed by atoms with E-state index in [0.717, 1.165) is 24.2 Å². The van der Waals surface area contributed by atoms with Crippen molar-refractivity contribution >= 4 is 0 Å². The van der Waals surface area contributed by atoms with E-state index in [1.807, 2.05) is 29.9 Å². The van der Waals surface area contributed by atoms with Crippen LogP contribution in [0.15, 0.2) is 30.5 Å². The van der Waals surface area contributed by atoms with Gasteiger partial charge in [0.2, 0.25) is 0 Å². The van der Waals surface area contributed by atoms with Crippen molar-refractivity contribution in [2.45, 2.75) is 32.9 Å². The molecule has 0 spiro atoms. The van der Waals surface area contributed by atoms with Crippen LogP contribution in [-0.2, 0) is 6.54 Å². The zero-order chi connectivity index (χ0) is 13.8. The molecule has 0 aliphatic rings. The highest BCUT2D eigenvalue weighted by Gasteiger charge is 2.17. The van der Waals surface area contributed by atoms with Gasteiger partial charge in [0.25, 0.3) is 0 Å². The van der Waals surface area contributed by atoms with Crippen LogP contribution >= 0.6 is 0 Å². The Labute approximate surface area is 113 Å². The number of benzene rings is 1. The minimum absolute atomic E-state index is 0.0378. The zero-order valence-corrected chi connectivity index (χ0v) is 11.7. The summed E-state index contributed by atoms with van der Waals surface area (Å²) >= 11 is 0. The fourth-order valence-corrected chi connectivity index (χ4v) is 2.26. The number of aryl methyl sites for hydroxylation is 2. The number of nitrogens with one attached hydrogen (secondary N) is 1. The summed E-state index contributed by atoms with van der Waals surface area (Å²) < 4.78 is 15.7. The predicted molar refractivity (Wildman–Crippen MR) is 74.6 cm³/mol. The molecule has 0 amide bonds. The van der Waals surface area contributed by atoms with Gasteiger partial charge >= 0.3 is 0 Å². The van der Waals surface area contributed by atoms with Crippen molar-refractivity contribution in [3.05, 3.63) is 53.1 Å². The fourth-order valence-electron chi connectivity index (χ4n) is 2.26. The second-order valence-electron chi connectivity index (χ2n) is 4.71. The third kappa shape index (κ3) is 2.84. The molecule has 0 radical (unpaired) electrons. The average Bonchev–Trinajstić information content (AvgIpc) is 2.83. The molecule has 2 rings (SSSR count). The minimum atomic E-state index is -0.167. The lowest BCUT2D eigenvalue weighted by Gasteiger charge is -2.19. The molecule has 2 aromatic rings. The van der Waals surface area contributed by atoms with E-state index in [0.29, 0.717) is 5.56 Å².